The van der Waals surface area contributed by atoms with Gasteiger partial charge in [0.25, 0.3) is 0 Å². The summed E-state index contributed by atoms with van der Waals surface area (Å²) in [6.45, 7) is 0. The number of carbonyl (C=O) groups is 2. The fourth-order valence-electron chi connectivity index (χ4n) is 1.07. The van der Waals surface area contributed by atoms with Crippen molar-refractivity contribution in [1.29, 1.82) is 0 Å². The van der Waals surface area contributed by atoms with Crippen molar-refractivity contribution in [2.75, 3.05) is 0 Å². The Morgan fingerprint density at radius 3 is 2.67 bits per heavy atom. The number of rotatable bonds is 4. The maximum atomic E-state index is 11.5. The lowest BCUT2D eigenvalue weighted by Crippen LogP contribution is -2.32. The van der Waals surface area contributed by atoms with E-state index < -0.39 is 12.0 Å². The molecule has 0 aliphatic heterocycles. The molecule has 0 saturated heterocycles. The molecule has 1 atom stereocenters. The first-order chi connectivity index (χ1) is 7.00. The lowest BCUT2D eigenvalue weighted by Gasteiger charge is -2.05. The first kappa shape index (κ1) is 11.9. The molecule has 1 rings (SSSR count). The minimum atomic E-state index is -1.17. The molecule has 0 radical (unpaired) electrons. The third-order valence-corrected chi connectivity index (χ3v) is 2.36. The van der Waals surface area contributed by atoms with E-state index in [1.54, 1.807) is 24.3 Å². The molecule has 15 heavy (non-hydrogen) atoms. The fourth-order valence-corrected chi connectivity index (χ4v) is 1.47. The largest absolute Gasteiger partial charge is 0.480 e. The van der Waals surface area contributed by atoms with Gasteiger partial charge in [-0.25, -0.2) is 0 Å². The Morgan fingerprint density at radius 1 is 1.47 bits per heavy atom. The number of aliphatic carboxylic acids is 1. The number of Topliss-reactive ketones (excluding diaryl/α,β-unsaturated/α-hetero) is 1. The van der Waals surface area contributed by atoms with Crippen LogP contribution in [0.2, 0.25) is 0 Å². The number of nitrogens with two attached hydrogens (primary N) is 1. The molecule has 1 aromatic carbocycles. The van der Waals surface area contributed by atoms with Crippen LogP contribution in [0.15, 0.2) is 28.7 Å². The summed E-state index contributed by atoms with van der Waals surface area (Å²) in [4.78, 5) is 22.0. The Labute approximate surface area is 95.2 Å². The van der Waals surface area contributed by atoms with Gasteiger partial charge in [-0.05, 0) is 12.1 Å². The Bertz CT molecular complexity index is 392. The number of ketones is 1. The van der Waals surface area contributed by atoms with Crippen LogP contribution in [0.4, 0.5) is 0 Å². The van der Waals surface area contributed by atoms with Crippen LogP contribution in [0, 0.1) is 0 Å². The maximum Gasteiger partial charge on any atom is 0.320 e. The van der Waals surface area contributed by atoms with Crippen LogP contribution in [0.25, 0.3) is 0 Å². The van der Waals surface area contributed by atoms with Crippen LogP contribution >= 0.6 is 15.9 Å². The SMILES string of the molecule is N[C@H](CC(=O)c1cccc(Br)c1)C(=O)O. The highest BCUT2D eigenvalue weighted by atomic mass is 79.9. The van der Waals surface area contributed by atoms with E-state index in [0.29, 0.717) is 5.56 Å². The van der Waals surface area contributed by atoms with E-state index in [1.807, 2.05) is 0 Å². The second kappa shape index (κ2) is 5.04. The summed E-state index contributed by atoms with van der Waals surface area (Å²) in [5.74, 6) is -1.44. The number of carboxylic acids is 1. The van der Waals surface area contributed by atoms with Crippen LogP contribution in [0.5, 0.6) is 0 Å². The highest BCUT2D eigenvalue weighted by Gasteiger charge is 2.17. The first-order valence-electron chi connectivity index (χ1n) is 4.28. The van der Waals surface area contributed by atoms with Gasteiger partial charge in [-0.3, -0.25) is 9.59 Å². The predicted molar refractivity (Wildman–Crippen MR) is 58.7 cm³/mol. The van der Waals surface area contributed by atoms with Crippen molar-refractivity contribution in [2.45, 2.75) is 12.5 Å². The van der Waals surface area contributed by atoms with Gasteiger partial charge in [-0.15, -0.1) is 0 Å². The topological polar surface area (TPSA) is 80.4 Å². The van der Waals surface area contributed by atoms with Crippen molar-refractivity contribution in [3.8, 4) is 0 Å². The van der Waals surface area contributed by atoms with Crippen molar-refractivity contribution in [3.05, 3.63) is 34.3 Å². The monoisotopic (exact) mass is 271 g/mol. The quantitative estimate of drug-likeness (QED) is 0.812. The second-order valence-electron chi connectivity index (χ2n) is 3.08. The third-order valence-electron chi connectivity index (χ3n) is 1.87. The normalized spacial score (nSPS) is 12.1. The lowest BCUT2D eigenvalue weighted by atomic mass is 10.0. The summed E-state index contributed by atoms with van der Waals surface area (Å²) < 4.78 is 0.775. The molecule has 0 aromatic heterocycles. The van der Waals surface area contributed by atoms with E-state index in [1.165, 1.54) is 0 Å². The molecule has 0 unspecified atom stereocenters. The van der Waals surface area contributed by atoms with Gasteiger partial charge >= 0.3 is 5.97 Å². The van der Waals surface area contributed by atoms with Gasteiger partial charge < -0.3 is 10.8 Å². The fraction of sp³-hybridized carbons (Fsp3) is 0.200. The number of hydrogen-bond acceptors (Lipinski definition) is 3. The molecule has 0 fully saturated rings. The van der Waals surface area contributed by atoms with Gasteiger partial charge in [0.2, 0.25) is 0 Å². The summed E-state index contributed by atoms with van der Waals surface area (Å²) in [5.41, 5.74) is 5.72. The van der Waals surface area contributed by atoms with Crippen LogP contribution < -0.4 is 5.73 Å². The van der Waals surface area contributed by atoms with Crippen molar-refractivity contribution < 1.29 is 14.7 Å². The zero-order chi connectivity index (χ0) is 11.4. The van der Waals surface area contributed by atoms with Gasteiger partial charge in [0.1, 0.15) is 6.04 Å². The third kappa shape index (κ3) is 3.45. The standard InChI is InChI=1S/C10H10BrNO3/c11-7-3-1-2-6(4-7)9(13)5-8(12)10(14)15/h1-4,8H,5,12H2,(H,14,15)/t8-/m1/s1. The highest BCUT2D eigenvalue weighted by Crippen LogP contribution is 2.13. The van der Waals surface area contributed by atoms with E-state index in [4.69, 9.17) is 10.8 Å². The van der Waals surface area contributed by atoms with Gasteiger partial charge in [0.15, 0.2) is 5.78 Å². The first-order valence-corrected chi connectivity index (χ1v) is 5.07. The Kier molecular flexibility index (Phi) is 3.99. The van der Waals surface area contributed by atoms with Gasteiger partial charge in [-0.1, -0.05) is 28.1 Å². The van der Waals surface area contributed by atoms with E-state index in [2.05, 4.69) is 15.9 Å². The number of carboxylic acid groups (broad SMARTS) is 1. The Morgan fingerprint density at radius 2 is 2.13 bits per heavy atom. The molecule has 4 nitrogen and oxygen atoms in total. The van der Waals surface area contributed by atoms with Crippen LogP contribution in [0.1, 0.15) is 16.8 Å². The van der Waals surface area contributed by atoms with Crippen LogP contribution in [-0.2, 0) is 4.79 Å². The van der Waals surface area contributed by atoms with E-state index in [-0.39, 0.29) is 12.2 Å². The number of hydrogen-bond donors (Lipinski definition) is 2. The van der Waals surface area contributed by atoms with Crippen LogP contribution in [-0.4, -0.2) is 22.9 Å². The van der Waals surface area contributed by atoms with Crippen molar-refractivity contribution in [3.63, 3.8) is 0 Å². The maximum absolute atomic E-state index is 11.5. The molecule has 0 amide bonds. The summed E-state index contributed by atoms with van der Waals surface area (Å²) in [7, 11) is 0. The molecule has 0 bridgehead atoms. The van der Waals surface area contributed by atoms with Gasteiger partial charge in [0, 0.05) is 16.5 Å². The lowest BCUT2D eigenvalue weighted by molar-refractivity contribution is -0.138. The molecule has 80 valence electrons. The van der Waals surface area contributed by atoms with Crippen molar-refractivity contribution in [2.24, 2.45) is 5.73 Å². The molecule has 1 aromatic rings. The molecule has 3 N–H and O–H groups in total. The number of carbonyl (C=O) groups excluding carboxylic acids is 1. The summed E-state index contributed by atoms with van der Waals surface area (Å²) in [6, 6.07) is 5.62. The average Bonchev–Trinajstić information content (AvgIpc) is 2.17. The molecular weight excluding hydrogens is 262 g/mol. The van der Waals surface area contributed by atoms with Gasteiger partial charge in [-0.2, -0.15) is 0 Å². The predicted octanol–water partition coefficient (Wildman–Crippen LogP) is 1.43. The van der Waals surface area contributed by atoms with Crippen molar-refractivity contribution in [1.82, 2.24) is 0 Å². The van der Waals surface area contributed by atoms with E-state index in [0.717, 1.165) is 4.47 Å². The Balaban J connectivity index is 2.73. The van der Waals surface area contributed by atoms with E-state index in [9.17, 15) is 9.59 Å². The molecule has 0 heterocycles. The number of halogens is 1. The van der Waals surface area contributed by atoms with Crippen molar-refractivity contribution >= 4 is 27.7 Å². The van der Waals surface area contributed by atoms with Gasteiger partial charge in [0.05, 0.1) is 0 Å². The minimum Gasteiger partial charge on any atom is -0.480 e. The molecule has 0 saturated carbocycles. The Hall–Kier alpha value is -1.20. The summed E-state index contributed by atoms with van der Waals surface area (Å²) in [6.07, 6.45) is -0.189. The van der Waals surface area contributed by atoms with Crippen LogP contribution in [0.3, 0.4) is 0 Å². The molecule has 5 heteroatoms. The molecule has 0 aliphatic carbocycles. The van der Waals surface area contributed by atoms with E-state index >= 15 is 0 Å². The summed E-state index contributed by atoms with van der Waals surface area (Å²) >= 11 is 3.23. The number of benzene rings is 1. The zero-order valence-corrected chi connectivity index (χ0v) is 9.40. The molecular formula is C10H10BrNO3. The average molecular weight is 272 g/mol. The summed E-state index contributed by atoms with van der Waals surface area (Å²) in [5, 5.41) is 8.55. The smallest absolute Gasteiger partial charge is 0.320 e. The zero-order valence-electron chi connectivity index (χ0n) is 7.81. The highest BCUT2D eigenvalue weighted by molar-refractivity contribution is 9.10. The molecule has 0 spiro atoms. The minimum absolute atomic E-state index is 0.189. The molecule has 0 aliphatic rings. The second-order valence-corrected chi connectivity index (χ2v) is 4.00.